The summed E-state index contributed by atoms with van der Waals surface area (Å²) in [6, 6.07) is 0. The molecule has 1 aliphatic rings. The molecule has 1 saturated heterocycles. The summed E-state index contributed by atoms with van der Waals surface area (Å²) in [7, 11) is 1.81. The van der Waals surface area contributed by atoms with Gasteiger partial charge in [0.25, 0.3) is 0 Å². The third kappa shape index (κ3) is 2.29. The third-order valence-electron chi connectivity index (χ3n) is 3.43. The Bertz CT molecular complexity index is 626. The van der Waals surface area contributed by atoms with Crippen LogP contribution >= 0.6 is 11.3 Å². The number of aryl methyl sites for hydroxylation is 1. The van der Waals surface area contributed by atoms with E-state index < -0.39 is 0 Å². The zero-order chi connectivity index (χ0) is 14.1. The van der Waals surface area contributed by atoms with Gasteiger partial charge in [0.15, 0.2) is 11.0 Å². The highest BCUT2D eigenvalue weighted by molar-refractivity contribution is 7.17. The lowest BCUT2D eigenvalue weighted by molar-refractivity contribution is 0.516. The molecule has 0 amide bonds. The minimum absolute atomic E-state index is 0.0313. The molecule has 0 aliphatic carbocycles. The highest BCUT2D eigenvalue weighted by Crippen LogP contribution is 2.36. The highest BCUT2D eigenvalue weighted by atomic mass is 32.1. The first-order chi connectivity index (χ1) is 9.66. The largest absolute Gasteiger partial charge is 0.507 e. The fraction of sp³-hybridized carbons (Fsp3) is 0.462. The van der Waals surface area contributed by atoms with Crippen molar-refractivity contribution in [3.8, 4) is 11.5 Å². The predicted molar refractivity (Wildman–Crippen MR) is 79.8 cm³/mol. The summed E-state index contributed by atoms with van der Waals surface area (Å²) in [6.07, 6.45) is 5.14. The lowest BCUT2D eigenvalue weighted by Gasteiger charge is -2.25. The molecule has 0 atom stereocenters. The van der Waals surface area contributed by atoms with E-state index in [4.69, 9.17) is 0 Å². The Labute approximate surface area is 121 Å². The molecule has 0 spiro atoms. The number of aliphatic hydroxyl groups is 1. The molecule has 2 aromatic heterocycles. The normalized spacial score (nSPS) is 15.6. The minimum Gasteiger partial charge on any atom is -0.507 e. The topological polar surface area (TPSA) is 67.1 Å². The Morgan fingerprint density at radius 3 is 2.70 bits per heavy atom. The van der Waals surface area contributed by atoms with Crippen molar-refractivity contribution in [3.05, 3.63) is 17.8 Å². The number of rotatable bonds is 3. The maximum Gasteiger partial charge on any atom is 0.186 e. The molecule has 1 N–H and O–H groups in total. The molecule has 1 fully saturated rings. The second kappa shape index (κ2) is 5.24. The Morgan fingerprint density at radius 2 is 2.10 bits per heavy atom. The average Bonchev–Trinajstić information content (AvgIpc) is 3.05. The van der Waals surface area contributed by atoms with E-state index in [1.807, 2.05) is 7.05 Å². The first kappa shape index (κ1) is 13.1. The van der Waals surface area contributed by atoms with Crippen molar-refractivity contribution >= 4 is 22.2 Å². The Balaban J connectivity index is 2.02. The van der Waals surface area contributed by atoms with Gasteiger partial charge in [-0.15, -0.1) is 0 Å². The number of piperidine rings is 1. The van der Waals surface area contributed by atoms with E-state index in [0.717, 1.165) is 18.2 Å². The smallest absolute Gasteiger partial charge is 0.186 e. The van der Waals surface area contributed by atoms with Crippen molar-refractivity contribution in [2.24, 2.45) is 7.05 Å². The maximum atomic E-state index is 9.81. The fourth-order valence-corrected chi connectivity index (χ4v) is 3.37. The van der Waals surface area contributed by atoms with Crippen LogP contribution in [0.25, 0.3) is 17.3 Å². The molecule has 6 nitrogen and oxygen atoms in total. The van der Waals surface area contributed by atoms with Crippen LogP contribution in [0, 0.1) is 0 Å². The fourth-order valence-electron chi connectivity index (χ4n) is 2.39. The summed E-state index contributed by atoms with van der Waals surface area (Å²) in [6.45, 7) is 5.67. The molecule has 0 unspecified atom stereocenters. The van der Waals surface area contributed by atoms with Gasteiger partial charge in [-0.3, -0.25) is 0 Å². The molecular weight excluding hydrogens is 274 g/mol. The van der Waals surface area contributed by atoms with Crippen LogP contribution < -0.4 is 4.90 Å². The van der Waals surface area contributed by atoms with Crippen molar-refractivity contribution in [2.75, 3.05) is 18.0 Å². The van der Waals surface area contributed by atoms with Crippen molar-refractivity contribution in [3.63, 3.8) is 0 Å². The van der Waals surface area contributed by atoms with Crippen LogP contribution in [-0.4, -0.2) is 37.9 Å². The summed E-state index contributed by atoms with van der Waals surface area (Å²) in [5.41, 5.74) is 0.656. The van der Waals surface area contributed by atoms with Crippen LogP contribution in [0.5, 0.6) is 0 Å². The lowest BCUT2D eigenvalue weighted by atomic mass is 10.1. The molecule has 2 aromatic rings. The van der Waals surface area contributed by atoms with E-state index in [1.165, 1.54) is 36.9 Å². The van der Waals surface area contributed by atoms with Crippen molar-refractivity contribution in [1.82, 2.24) is 19.7 Å². The molecule has 7 heteroatoms. The maximum absolute atomic E-state index is 9.81. The van der Waals surface area contributed by atoms with Crippen molar-refractivity contribution in [2.45, 2.75) is 19.3 Å². The number of nitrogens with zero attached hydrogens (tertiary/aromatic N) is 5. The zero-order valence-corrected chi connectivity index (χ0v) is 12.2. The van der Waals surface area contributed by atoms with Gasteiger partial charge in [0.1, 0.15) is 22.7 Å². The monoisotopic (exact) mass is 291 g/mol. The Hall–Kier alpha value is -1.89. The first-order valence-electron chi connectivity index (χ1n) is 6.65. The molecule has 20 heavy (non-hydrogen) atoms. The second-order valence-electron chi connectivity index (χ2n) is 4.88. The minimum atomic E-state index is 0.0313. The molecule has 1 aliphatic heterocycles. The number of anilines is 1. The summed E-state index contributed by atoms with van der Waals surface area (Å²) in [4.78, 5) is 11.8. The summed E-state index contributed by atoms with van der Waals surface area (Å²) in [5, 5.41) is 14.8. The quantitative estimate of drug-likeness (QED) is 0.880. The summed E-state index contributed by atoms with van der Waals surface area (Å²) >= 11 is 1.47. The van der Waals surface area contributed by atoms with E-state index in [2.05, 4.69) is 26.5 Å². The number of hydrogen-bond donors (Lipinski definition) is 1. The van der Waals surface area contributed by atoms with Gasteiger partial charge in [0.05, 0.1) is 0 Å². The molecule has 0 bridgehead atoms. The van der Waals surface area contributed by atoms with Gasteiger partial charge in [-0.05, 0) is 19.3 Å². The highest BCUT2D eigenvalue weighted by Gasteiger charge is 2.22. The van der Waals surface area contributed by atoms with Gasteiger partial charge in [0.2, 0.25) is 0 Å². The number of aliphatic hydroxyl groups excluding tert-OH is 1. The Morgan fingerprint density at radius 1 is 1.35 bits per heavy atom. The number of hydrogen-bond acceptors (Lipinski definition) is 6. The molecule has 3 rings (SSSR count). The summed E-state index contributed by atoms with van der Waals surface area (Å²) in [5.74, 6) is 0.679. The Kier molecular flexibility index (Phi) is 3.43. The van der Waals surface area contributed by atoms with Crippen molar-refractivity contribution < 1.29 is 5.11 Å². The molecule has 0 saturated carbocycles. The van der Waals surface area contributed by atoms with Gasteiger partial charge < -0.3 is 10.0 Å². The lowest BCUT2D eigenvalue weighted by Crippen LogP contribution is -2.29. The molecule has 0 radical (unpaired) electrons. The number of aromatic nitrogens is 4. The molecule has 3 heterocycles. The van der Waals surface area contributed by atoms with Crippen LogP contribution in [0.4, 0.5) is 5.13 Å². The molecular formula is C13H17N5OS. The first-order valence-corrected chi connectivity index (χ1v) is 7.47. The van der Waals surface area contributed by atoms with E-state index in [0.29, 0.717) is 16.4 Å². The third-order valence-corrected chi connectivity index (χ3v) is 4.59. The summed E-state index contributed by atoms with van der Waals surface area (Å²) < 4.78 is 1.65. The van der Waals surface area contributed by atoms with Gasteiger partial charge in [0, 0.05) is 20.1 Å². The van der Waals surface area contributed by atoms with E-state index in [1.54, 1.807) is 4.68 Å². The van der Waals surface area contributed by atoms with Gasteiger partial charge in [-0.2, -0.15) is 5.10 Å². The van der Waals surface area contributed by atoms with E-state index in [9.17, 15) is 5.11 Å². The van der Waals surface area contributed by atoms with Gasteiger partial charge >= 0.3 is 0 Å². The average molecular weight is 291 g/mol. The van der Waals surface area contributed by atoms with Crippen molar-refractivity contribution in [1.29, 1.82) is 0 Å². The molecule has 0 aromatic carbocycles. The second-order valence-corrected chi connectivity index (χ2v) is 5.85. The SMILES string of the molecule is C=C(O)c1sc(N2CCCCC2)nc1-c1ncnn1C. The van der Waals surface area contributed by atoms with Crippen LogP contribution in [0.15, 0.2) is 12.9 Å². The van der Waals surface area contributed by atoms with E-state index in [-0.39, 0.29) is 5.76 Å². The zero-order valence-electron chi connectivity index (χ0n) is 11.4. The standard InChI is InChI=1S/C13H17N5OS/c1-9(19)11-10(12-14-8-15-17(12)2)16-13(20-11)18-6-4-3-5-7-18/h8,19H,1,3-7H2,2H3. The van der Waals surface area contributed by atoms with Crippen LogP contribution in [0.2, 0.25) is 0 Å². The van der Waals surface area contributed by atoms with Gasteiger partial charge in [-0.25, -0.2) is 14.6 Å². The van der Waals surface area contributed by atoms with Crippen LogP contribution in [0.3, 0.4) is 0 Å². The van der Waals surface area contributed by atoms with E-state index >= 15 is 0 Å². The molecule has 106 valence electrons. The number of thiazole rings is 1. The predicted octanol–water partition coefficient (Wildman–Crippen LogP) is 2.46. The van der Waals surface area contributed by atoms with Crippen LogP contribution in [-0.2, 0) is 7.05 Å². The van der Waals surface area contributed by atoms with Crippen LogP contribution in [0.1, 0.15) is 24.1 Å². The van der Waals surface area contributed by atoms with Gasteiger partial charge in [-0.1, -0.05) is 17.9 Å².